The summed E-state index contributed by atoms with van der Waals surface area (Å²) in [6.07, 6.45) is 4.22. The molecule has 0 fully saturated rings. The standard InChI is InChI=1S/C31H38N4O/c1-30(2,3)23-17-25(34-16-15-32(6)21-34)20-27(18-23)36-26-12-10-11-24(19-26)35-22-33(7)31(4,5)28-13-8-9-14-29(28)35/h8-20H,21-22H2,1-7H3. The summed E-state index contributed by atoms with van der Waals surface area (Å²) in [4.78, 5) is 9.18. The predicted molar refractivity (Wildman–Crippen MR) is 150 cm³/mol. The van der Waals surface area contributed by atoms with Gasteiger partial charge in [-0.25, -0.2) is 0 Å². The van der Waals surface area contributed by atoms with Crippen LogP contribution in [-0.2, 0) is 11.0 Å². The molecule has 0 radical (unpaired) electrons. The lowest BCUT2D eigenvalue weighted by Crippen LogP contribution is -2.49. The molecular formula is C31H38N4O. The van der Waals surface area contributed by atoms with Crippen LogP contribution < -0.4 is 14.5 Å². The van der Waals surface area contributed by atoms with Crippen molar-refractivity contribution < 1.29 is 4.74 Å². The highest BCUT2D eigenvalue weighted by atomic mass is 16.5. The maximum absolute atomic E-state index is 6.52. The molecule has 0 unspecified atom stereocenters. The van der Waals surface area contributed by atoms with E-state index in [2.05, 4.69) is 141 Å². The van der Waals surface area contributed by atoms with E-state index in [-0.39, 0.29) is 11.0 Å². The quantitative estimate of drug-likeness (QED) is 0.390. The van der Waals surface area contributed by atoms with Crippen molar-refractivity contribution in [2.45, 2.75) is 45.6 Å². The Kier molecular flexibility index (Phi) is 6.00. The van der Waals surface area contributed by atoms with Gasteiger partial charge in [-0.3, -0.25) is 4.90 Å². The molecule has 0 saturated carbocycles. The molecule has 2 aliphatic heterocycles. The van der Waals surface area contributed by atoms with Crippen LogP contribution in [0.15, 0.2) is 79.1 Å². The highest BCUT2D eigenvalue weighted by Crippen LogP contribution is 2.43. The Balaban J connectivity index is 1.48. The zero-order chi connectivity index (χ0) is 25.7. The molecule has 3 aromatic carbocycles. The van der Waals surface area contributed by atoms with E-state index in [0.717, 1.165) is 36.2 Å². The summed E-state index contributed by atoms with van der Waals surface area (Å²) in [5, 5.41) is 0. The van der Waals surface area contributed by atoms with Crippen molar-refractivity contribution in [1.82, 2.24) is 9.80 Å². The van der Waals surface area contributed by atoms with Crippen LogP contribution in [0, 0.1) is 0 Å². The van der Waals surface area contributed by atoms with Gasteiger partial charge < -0.3 is 19.4 Å². The molecule has 0 amide bonds. The number of rotatable bonds is 4. The van der Waals surface area contributed by atoms with Gasteiger partial charge in [0.2, 0.25) is 0 Å². The van der Waals surface area contributed by atoms with E-state index in [4.69, 9.17) is 4.74 Å². The molecule has 0 N–H and O–H groups in total. The molecule has 0 spiro atoms. The minimum absolute atomic E-state index is 0.0141. The van der Waals surface area contributed by atoms with Crippen molar-refractivity contribution in [3.8, 4) is 11.5 Å². The number of anilines is 3. The summed E-state index contributed by atoms with van der Waals surface area (Å²) in [6, 6.07) is 23.7. The lowest BCUT2D eigenvalue weighted by molar-refractivity contribution is 0.150. The number of para-hydroxylation sites is 1. The van der Waals surface area contributed by atoms with Crippen molar-refractivity contribution in [2.75, 3.05) is 37.2 Å². The third-order valence-corrected chi connectivity index (χ3v) is 7.49. The van der Waals surface area contributed by atoms with Crippen LogP contribution in [0.4, 0.5) is 17.1 Å². The zero-order valence-electron chi connectivity index (χ0n) is 22.6. The minimum Gasteiger partial charge on any atom is -0.457 e. The minimum atomic E-state index is -0.0247. The number of hydrogen-bond donors (Lipinski definition) is 0. The van der Waals surface area contributed by atoms with Gasteiger partial charge in [-0.05, 0) is 67.8 Å². The second-order valence-corrected chi connectivity index (χ2v) is 11.6. The Morgan fingerprint density at radius 2 is 1.53 bits per heavy atom. The molecule has 0 bridgehead atoms. The van der Waals surface area contributed by atoms with Crippen molar-refractivity contribution in [3.05, 3.63) is 90.3 Å². The first-order valence-corrected chi connectivity index (χ1v) is 12.7. The average molecular weight is 483 g/mol. The molecule has 2 aliphatic rings. The third-order valence-electron chi connectivity index (χ3n) is 7.49. The number of hydrogen-bond acceptors (Lipinski definition) is 5. The van der Waals surface area contributed by atoms with E-state index in [1.54, 1.807) is 0 Å². The van der Waals surface area contributed by atoms with E-state index in [1.807, 2.05) is 6.07 Å². The lowest BCUT2D eigenvalue weighted by Gasteiger charge is -2.47. The predicted octanol–water partition coefficient (Wildman–Crippen LogP) is 7.23. The average Bonchev–Trinajstić information content (AvgIpc) is 3.27. The maximum Gasteiger partial charge on any atom is 0.129 e. The molecule has 3 aromatic rings. The molecule has 36 heavy (non-hydrogen) atoms. The normalized spacial score (nSPS) is 17.5. The molecule has 5 rings (SSSR count). The topological polar surface area (TPSA) is 22.2 Å². The van der Waals surface area contributed by atoms with Crippen LogP contribution in [0.5, 0.6) is 11.5 Å². The highest BCUT2D eigenvalue weighted by Gasteiger charge is 2.35. The Labute approximate surface area is 216 Å². The van der Waals surface area contributed by atoms with Crippen LogP contribution in [0.1, 0.15) is 45.7 Å². The van der Waals surface area contributed by atoms with E-state index in [9.17, 15) is 0 Å². The van der Waals surface area contributed by atoms with E-state index >= 15 is 0 Å². The molecule has 2 heterocycles. The number of nitrogens with zero attached hydrogens (tertiary/aromatic N) is 4. The van der Waals surface area contributed by atoms with Crippen molar-refractivity contribution in [1.29, 1.82) is 0 Å². The van der Waals surface area contributed by atoms with Crippen LogP contribution in [0.2, 0.25) is 0 Å². The van der Waals surface area contributed by atoms with Gasteiger partial charge in [0.05, 0.1) is 13.3 Å². The van der Waals surface area contributed by atoms with Crippen LogP contribution >= 0.6 is 0 Å². The number of fused-ring (bicyclic) bond motifs is 1. The van der Waals surface area contributed by atoms with Crippen LogP contribution in [0.25, 0.3) is 0 Å². The van der Waals surface area contributed by atoms with Gasteiger partial charge in [0.15, 0.2) is 0 Å². The Morgan fingerprint density at radius 1 is 0.778 bits per heavy atom. The summed E-state index contributed by atoms with van der Waals surface area (Å²) >= 11 is 0. The third kappa shape index (κ3) is 4.56. The zero-order valence-corrected chi connectivity index (χ0v) is 22.6. The molecular weight excluding hydrogens is 444 g/mol. The number of benzene rings is 3. The summed E-state index contributed by atoms with van der Waals surface area (Å²) < 4.78 is 6.52. The van der Waals surface area contributed by atoms with Crippen LogP contribution in [0.3, 0.4) is 0 Å². The molecule has 0 saturated heterocycles. The van der Waals surface area contributed by atoms with Gasteiger partial charge >= 0.3 is 0 Å². The van der Waals surface area contributed by atoms with E-state index in [1.165, 1.54) is 16.8 Å². The molecule has 0 atom stereocenters. The SMILES string of the molecule is CN1C=CN(c2cc(Oc3cccc(N4CN(C)C(C)(C)c5ccccc54)c3)cc(C(C)(C)C)c2)C1. The Hall–Kier alpha value is -3.44. The fourth-order valence-electron chi connectivity index (χ4n) is 4.91. The maximum atomic E-state index is 6.52. The fourth-order valence-corrected chi connectivity index (χ4v) is 4.91. The van der Waals surface area contributed by atoms with Crippen molar-refractivity contribution >= 4 is 17.1 Å². The van der Waals surface area contributed by atoms with Gasteiger partial charge in [0, 0.05) is 54.2 Å². The molecule has 5 nitrogen and oxygen atoms in total. The largest absolute Gasteiger partial charge is 0.457 e. The molecule has 188 valence electrons. The highest BCUT2D eigenvalue weighted by molar-refractivity contribution is 5.70. The molecule has 5 heteroatoms. The number of ether oxygens (including phenoxy) is 1. The van der Waals surface area contributed by atoms with Gasteiger partial charge in [-0.15, -0.1) is 0 Å². The summed E-state index contributed by atoms with van der Waals surface area (Å²) in [7, 11) is 4.28. The van der Waals surface area contributed by atoms with Gasteiger partial charge in [-0.2, -0.15) is 0 Å². The van der Waals surface area contributed by atoms with E-state index in [0.29, 0.717) is 0 Å². The smallest absolute Gasteiger partial charge is 0.129 e. The first-order chi connectivity index (χ1) is 17.0. The fraction of sp³-hybridized carbons (Fsp3) is 0.355. The summed E-state index contributed by atoms with van der Waals surface area (Å²) in [6.45, 7) is 13.0. The Morgan fingerprint density at radius 3 is 2.25 bits per heavy atom. The second kappa shape index (κ2) is 8.90. The first kappa shape index (κ1) is 24.3. The second-order valence-electron chi connectivity index (χ2n) is 11.6. The van der Waals surface area contributed by atoms with Gasteiger partial charge in [0.25, 0.3) is 0 Å². The van der Waals surface area contributed by atoms with Crippen molar-refractivity contribution in [2.24, 2.45) is 0 Å². The van der Waals surface area contributed by atoms with Gasteiger partial charge in [0.1, 0.15) is 11.5 Å². The lowest BCUT2D eigenvalue weighted by atomic mass is 9.86. The summed E-state index contributed by atoms with van der Waals surface area (Å²) in [5.74, 6) is 1.69. The molecule has 0 aliphatic carbocycles. The summed E-state index contributed by atoms with van der Waals surface area (Å²) in [5.41, 5.74) is 6.09. The Bertz CT molecular complexity index is 1290. The monoisotopic (exact) mass is 482 g/mol. The first-order valence-electron chi connectivity index (χ1n) is 12.7. The van der Waals surface area contributed by atoms with Gasteiger partial charge in [-0.1, -0.05) is 45.0 Å². The van der Waals surface area contributed by atoms with E-state index < -0.39 is 0 Å². The van der Waals surface area contributed by atoms with Crippen molar-refractivity contribution in [3.63, 3.8) is 0 Å². The van der Waals surface area contributed by atoms with Crippen LogP contribution in [-0.4, -0.2) is 37.2 Å². The molecule has 0 aromatic heterocycles.